The van der Waals surface area contributed by atoms with Crippen molar-refractivity contribution in [3.05, 3.63) is 59.2 Å². The van der Waals surface area contributed by atoms with Gasteiger partial charge in [0, 0.05) is 13.0 Å². The molecule has 9 heteroatoms. The lowest BCUT2D eigenvalue weighted by Crippen LogP contribution is -2.56. The topological polar surface area (TPSA) is 114 Å². The number of hydrogen-bond acceptors (Lipinski definition) is 7. The van der Waals surface area contributed by atoms with Crippen LogP contribution < -0.4 is 14.8 Å². The van der Waals surface area contributed by atoms with Gasteiger partial charge in [-0.3, -0.25) is 14.9 Å². The Hall–Kier alpha value is -3.59. The number of esters is 1. The number of carbonyl (C=O) groups excluding carboxylic acids is 2. The normalized spacial score (nSPS) is 16.6. The van der Waals surface area contributed by atoms with E-state index in [1.54, 1.807) is 19.1 Å². The van der Waals surface area contributed by atoms with E-state index < -0.39 is 36.0 Å². The molecule has 2 aromatic carbocycles. The van der Waals surface area contributed by atoms with Crippen molar-refractivity contribution in [3.63, 3.8) is 0 Å². The standard InChI is InChI=1S/C26H32N2O7/c1-16(27-20(26(32)35-4)11-10-17-8-6-5-7-9-17)24(29)28-15-19-14-23(34-3)22(33-2)13-18(19)12-21(28)25(30)31/h5-9,13-14,16,20-21,27H,10-12,15H2,1-4H3,(H,30,31)/t16-,20?,21-/m0/s1. The van der Waals surface area contributed by atoms with Crippen molar-refractivity contribution in [1.82, 2.24) is 10.2 Å². The molecular weight excluding hydrogens is 452 g/mol. The lowest BCUT2D eigenvalue weighted by atomic mass is 9.92. The van der Waals surface area contributed by atoms with Crippen LogP contribution in [0.3, 0.4) is 0 Å². The molecule has 1 unspecified atom stereocenters. The number of fused-ring (bicyclic) bond motifs is 1. The molecule has 3 rings (SSSR count). The molecule has 9 nitrogen and oxygen atoms in total. The van der Waals surface area contributed by atoms with Crippen molar-refractivity contribution in [2.24, 2.45) is 0 Å². The third kappa shape index (κ3) is 6.10. The molecule has 0 bridgehead atoms. The summed E-state index contributed by atoms with van der Waals surface area (Å²) in [6, 6.07) is 10.7. The van der Waals surface area contributed by atoms with Crippen LogP contribution in [0.15, 0.2) is 42.5 Å². The predicted molar refractivity (Wildman–Crippen MR) is 128 cm³/mol. The minimum absolute atomic E-state index is 0.102. The number of aliphatic carboxylic acids is 1. The van der Waals surface area contributed by atoms with Crippen LogP contribution in [-0.2, 0) is 38.5 Å². The molecule has 0 saturated heterocycles. The van der Waals surface area contributed by atoms with E-state index >= 15 is 0 Å². The lowest BCUT2D eigenvalue weighted by Gasteiger charge is -2.37. The summed E-state index contributed by atoms with van der Waals surface area (Å²) in [5.41, 5.74) is 2.63. The number of carboxylic acids is 1. The van der Waals surface area contributed by atoms with E-state index in [-0.39, 0.29) is 13.0 Å². The number of ether oxygens (including phenoxy) is 3. The summed E-state index contributed by atoms with van der Waals surface area (Å²) in [4.78, 5) is 39.2. The van der Waals surface area contributed by atoms with Crippen molar-refractivity contribution in [3.8, 4) is 11.5 Å². The summed E-state index contributed by atoms with van der Waals surface area (Å²) in [5.74, 6) is -0.975. The fourth-order valence-electron chi connectivity index (χ4n) is 4.35. The molecule has 0 radical (unpaired) electrons. The summed E-state index contributed by atoms with van der Waals surface area (Å²) >= 11 is 0. The molecule has 188 valence electrons. The van der Waals surface area contributed by atoms with Gasteiger partial charge in [0.1, 0.15) is 12.1 Å². The molecule has 0 fully saturated rings. The van der Waals surface area contributed by atoms with Crippen molar-refractivity contribution in [1.29, 1.82) is 0 Å². The van der Waals surface area contributed by atoms with E-state index in [2.05, 4.69) is 5.32 Å². The fraction of sp³-hybridized carbons (Fsp3) is 0.423. The maximum Gasteiger partial charge on any atom is 0.326 e. The number of benzene rings is 2. The van der Waals surface area contributed by atoms with Gasteiger partial charge in [-0.2, -0.15) is 0 Å². The highest BCUT2D eigenvalue weighted by Crippen LogP contribution is 2.35. The van der Waals surface area contributed by atoms with Crippen molar-refractivity contribution in [2.45, 2.75) is 50.9 Å². The van der Waals surface area contributed by atoms with Crippen molar-refractivity contribution >= 4 is 17.8 Å². The monoisotopic (exact) mass is 484 g/mol. The second-order valence-corrected chi connectivity index (χ2v) is 8.49. The first-order chi connectivity index (χ1) is 16.8. The Morgan fingerprint density at radius 2 is 1.69 bits per heavy atom. The molecule has 1 amide bonds. The van der Waals surface area contributed by atoms with Crippen LogP contribution in [0.5, 0.6) is 11.5 Å². The van der Waals surface area contributed by atoms with Gasteiger partial charge in [0.2, 0.25) is 5.91 Å². The zero-order chi connectivity index (χ0) is 25.5. The average molecular weight is 485 g/mol. The molecular formula is C26H32N2O7. The Bertz CT molecular complexity index is 1060. The van der Waals surface area contributed by atoms with Crippen LogP contribution in [0.4, 0.5) is 0 Å². The zero-order valence-corrected chi connectivity index (χ0v) is 20.4. The van der Waals surface area contributed by atoms with Crippen LogP contribution in [0.2, 0.25) is 0 Å². The van der Waals surface area contributed by atoms with Gasteiger partial charge in [-0.25, -0.2) is 4.79 Å². The number of aryl methyl sites for hydroxylation is 1. The quantitative estimate of drug-likeness (QED) is 0.494. The number of carbonyl (C=O) groups is 3. The van der Waals surface area contributed by atoms with Gasteiger partial charge in [-0.15, -0.1) is 0 Å². The van der Waals surface area contributed by atoms with Gasteiger partial charge < -0.3 is 24.2 Å². The highest BCUT2D eigenvalue weighted by Gasteiger charge is 2.38. The largest absolute Gasteiger partial charge is 0.493 e. The van der Waals surface area contributed by atoms with Gasteiger partial charge in [0.15, 0.2) is 11.5 Å². The molecule has 1 aliphatic rings. The van der Waals surface area contributed by atoms with E-state index in [1.807, 2.05) is 30.3 Å². The predicted octanol–water partition coefficient (Wildman–Crippen LogP) is 2.19. The molecule has 0 aliphatic carbocycles. The Morgan fingerprint density at radius 1 is 1.06 bits per heavy atom. The fourth-order valence-corrected chi connectivity index (χ4v) is 4.35. The summed E-state index contributed by atoms with van der Waals surface area (Å²) in [6.45, 7) is 1.73. The number of rotatable bonds is 10. The molecule has 35 heavy (non-hydrogen) atoms. The Balaban J connectivity index is 1.78. The SMILES string of the molecule is COC(=O)C(CCc1ccccc1)N[C@@H](C)C(=O)N1Cc2cc(OC)c(OC)cc2C[C@H]1C(=O)O. The van der Waals surface area contributed by atoms with E-state index in [1.165, 1.54) is 26.2 Å². The minimum atomic E-state index is -1.10. The summed E-state index contributed by atoms with van der Waals surface area (Å²) < 4.78 is 15.6. The maximum atomic E-state index is 13.4. The van der Waals surface area contributed by atoms with Crippen LogP contribution >= 0.6 is 0 Å². The van der Waals surface area contributed by atoms with Gasteiger partial charge in [-0.1, -0.05) is 30.3 Å². The molecule has 0 saturated carbocycles. The van der Waals surface area contributed by atoms with Crippen molar-refractivity contribution in [2.75, 3.05) is 21.3 Å². The minimum Gasteiger partial charge on any atom is -0.493 e. The molecule has 2 N–H and O–H groups in total. The first-order valence-corrected chi connectivity index (χ1v) is 11.4. The van der Waals surface area contributed by atoms with Crippen LogP contribution in [0.25, 0.3) is 0 Å². The van der Waals surface area contributed by atoms with Gasteiger partial charge >= 0.3 is 11.9 Å². The van der Waals surface area contributed by atoms with Crippen LogP contribution in [0.1, 0.15) is 30.0 Å². The number of carboxylic acid groups (broad SMARTS) is 1. The van der Waals surface area contributed by atoms with E-state index in [4.69, 9.17) is 14.2 Å². The second kappa shape index (κ2) is 11.7. The average Bonchev–Trinajstić information content (AvgIpc) is 2.88. The third-order valence-corrected chi connectivity index (χ3v) is 6.28. The van der Waals surface area contributed by atoms with Crippen LogP contribution in [0, 0.1) is 0 Å². The smallest absolute Gasteiger partial charge is 0.326 e. The number of methoxy groups -OCH3 is 3. The van der Waals surface area contributed by atoms with E-state index in [9.17, 15) is 19.5 Å². The highest BCUT2D eigenvalue weighted by molar-refractivity contribution is 5.88. The molecule has 1 aliphatic heterocycles. The Kier molecular flexibility index (Phi) is 8.70. The van der Waals surface area contributed by atoms with Crippen LogP contribution in [-0.4, -0.2) is 67.3 Å². The van der Waals surface area contributed by atoms with Gasteiger partial charge in [0.05, 0.1) is 27.4 Å². The summed E-state index contributed by atoms with van der Waals surface area (Å²) in [7, 11) is 4.33. The van der Waals surface area contributed by atoms with E-state index in [0.29, 0.717) is 24.3 Å². The van der Waals surface area contributed by atoms with Crippen molar-refractivity contribution < 1.29 is 33.7 Å². The molecule has 0 spiro atoms. The van der Waals surface area contributed by atoms with Gasteiger partial charge in [-0.05, 0) is 48.6 Å². The highest BCUT2D eigenvalue weighted by atomic mass is 16.5. The number of nitrogens with zero attached hydrogens (tertiary/aromatic N) is 1. The zero-order valence-electron chi connectivity index (χ0n) is 20.4. The molecule has 1 heterocycles. The lowest BCUT2D eigenvalue weighted by molar-refractivity contribution is -0.153. The third-order valence-electron chi connectivity index (χ3n) is 6.28. The van der Waals surface area contributed by atoms with Gasteiger partial charge in [0.25, 0.3) is 0 Å². The molecule has 3 atom stereocenters. The van der Waals surface area contributed by atoms with E-state index in [0.717, 1.165) is 16.7 Å². The summed E-state index contributed by atoms with van der Waals surface area (Å²) in [5, 5.41) is 12.9. The number of amides is 1. The Morgan fingerprint density at radius 3 is 2.26 bits per heavy atom. The summed E-state index contributed by atoms with van der Waals surface area (Å²) in [6.07, 6.45) is 1.18. The molecule has 2 aromatic rings. The number of nitrogens with one attached hydrogen (secondary N) is 1. The first kappa shape index (κ1) is 26.0. The number of hydrogen-bond donors (Lipinski definition) is 2. The Labute approximate surface area is 205 Å². The first-order valence-electron chi connectivity index (χ1n) is 11.4. The molecule has 0 aromatic heterocycles. The maximum absolute atomic E-state index is 13.4. The second-order valence-electron chi connectivity index (χ2n) is 8.49.